The van der Waals surface area contributed by atoms with Crippen molar-refractivity contribution in [3.8, 4) is 5.75 Å². The van der Waals surface area contributed by atoms with Crippen molar-refractivity contribution in [2.24, 2.45) is 0 Å². The summed E-state index contributed by atoms with van der Waals surface area (Å²) in [5.74, 6) is -1.29. The van der Waals surface area contributed by atoms with Crippen LogP contribution in [0.5, 0.6) is 5.75 Å². The van der Waals surface area contributed by atoms with Crippen LogP contribution in [0.1, 0.15) is 34.2 Å². The molecule has 2 rings (SSSR count). The van der Waals surface area contributed by atoms with E-state index in [2.05, 4.69) is 4.98 Å². The Morgan fingerprint density at radius 2 is 1.81 bits per heavy atom. The summed E-state index contributed by atoms with van der Waals surface area (Å²) in [6.07, 6.45) is 1.80. The van der Waals surface area contributed by atoms with Crippen molar-refractivity contribution in [1.82, 2.24) is 9.71 Å². The van der Waals surface area contributed by atoms with Gasteiger partial charge in [0.1, 0.15) is 23.8 Å². The number of ether oxygens (including phenoxy) is 2. The van der Waals surface area contributed by atoms with E-state index in [0.29, 0.717) is 12.2 Å². The first-order valence-electron chi connectivity index (χ1n) is 8.27. The van der Waals surface area contributed by atoms with Crippen LogP contribution in [-0.2, 0) is 14.8 Å². The fraction of sp³-hybridized carbons (Fsp3) is 0.278. The summed E-state index contributed by atoms with van der Waals surface area (Å²) in [6, 6.07) is 11.3. The number of aromatic nitrogens is 1. The fourth-order valence-corrected chi connectivity index (χ4v) is 2.76. The lowest BCUT2D eigenvalue weighted by Crippen LogP contribution is -2.34. The molecule has 0 unspecified atom stereocenters. The number of nitrogens with zero attached hydrogens (tertiary/aromatic N) is 1. The third-order valence-corrected chi connectivity index (χ3v) is 4.48. The highest BCUT2D eigenvalue weighted by molar-refractivity contribution is 7.90. The van der Waals surface area contributed by atoms with Crippen LogP contribution in [0.3, 0.4) is 0 Å². The van der Waals surface area contributed by atoms with Crippen LogP contribution < -0.4 is 9.46 Å². The highest BCUT2D eigenvalue weighted by Gasteiger charge is 2.17. The molecule has 1 aromatic carbocycles. The van der Waals surface area contributed by atoms with E-state index in [1.807, 2.05) is 17.7 Å². The molecule has 2 aromatic rings. The quantitative estimate of drug-likeness (QED) is 0.648. The van der Waals surface area contributed by atoms with Gasteiger partial charge in [-0.05, 0) is 30.7 Å². The molecule has 0 aliphatic heterocycles. The SMILES string of the molecule is CCCOC(=O)c1ccc(C(=O)NS(=O)(=O)CCOc2ccccc2)cn1. The number of rotatable bonds is 9. The second kappa shape index (κ2) is 9.67. The first kappa shape index (κ1) is 20.4. The van der Waals surface area contributed by atoms with Gasteiger partial charge in [0.05, 0.1) is 12.2 Å². The average molecular weight is 392 g/mol. The Kier molecular flexibility index (Phi) is 7.30. The Hall–Kier alpha value is -2.94. The zero-order valence-electron chi connectivity index (χ0n) is 14.8. The highest BCUT2D eigenvalue weighted by atomic mass is 32.2. The van der Waals surface area contributed by atoms with E-state index in [0.717, 1.165) is 6.20 Å². The van der Waals surface area contributed by atoms with Gasteiger partial charge >= 0.3 is 5.97 Å². The third-order valence-electron chi connectivity index (χ3n) is 3.28. The molecule has 0 saturated carbocycles. The standard InChI is InChI=1S/C18H20N2O6S/c1-2-10-26-18(22)16-9-8-14(13-19-16)17(21)20-27(23,24)12-11-25-15-6-4-3-5-7-15/h3-9,13H,2,10-12H2,1H3,(H,20,21). The summed E-state index contributed by atoms with van der Waals surface area (Å²) in [5, 5.41) is 0. The Morgan fingerprint density at radius 1 is 1.07 bits per heavy atom. The van der Waals surface area contributed by atoms with Crippen LogP contribution in [0.4, 0.5) is 0 Å². The van der Waals surface area contributed by atoms with Gasteiger partial charge in [0.15, 0.2) is 0 Å². The molecular formula is C18H20N2O6S. The van der Waals surface area contributed by atoms with Crippen LogP contribution in [0.15, 0.2) is 48.7 Å². The normalized spacial score (nSPS) is 10.9. The third kappa shape index (κ3) is 6.70. The number of nitrogens with one attached hydrogen (secondary N) is 1. The Balaban J connectivity index is 1.88. The molecule has 0 aliphatic carbocycles. The summed E-state index contributed by atoms with van der Waals surface area (Å²) >= 11 is 0. The number of sulfonamides is 1. The number of amides is 1. The van der Waals surface area contributed by atoms with Gasteiger partial charge in [-0.1, -0.05) is 25.1 Å². The van der Waals surface area contributed by atoms with Crippen molar-refractivity contribution in [2.75, 3.05) is 19.0 Å². The average Bonchev–Trinajstić information content (AvgIpc) is 2.66. The van der Waals surface area contributed by atoms with Crippen LogP contribution in [0, 0.1) is 0 Å². The van der Waals surface area contributed by atoms with Gasteiger partial charge < -0.3 is 9.47 Å². The predicted molar refractivity (Wildman–Crippen MR) is 98.0 cm³/mol. The van der Waals surface area contributed by atoms with Gasteiger partial charge in [0, 0.05) is 6.20 Å². The molecule has 1 aromatic heterocycles. The number of benzene rings is 1. The molecule has 8 nitrogen and oxygen atoms in total. The molecule has 0 aliphatic rings. The second-order valence-electron chi connectivity index (χ2n) is 5.48. The van der Waals surface area contributed by atoms with Crippen molar-refractivity contribution in [3.05, 3.63) is 59.9 Å². The molecule has 27 heavy (non-hydrogen) atoms. The molecule has 1 N–H and O–H groups in total. The van der Waals surface area contributed by atoms with Crippen molar-refractivity contribution >= 4 is 21.9 Å². The number of carbonyl (C=O) groups is 2. The van der Waals surface area contributed by atoms with Crippen molar-refractivity contribution in [3.63, 3.8) is 0 Å². The zero-order valence-corrected chi connectivity index (χ0v) is 15.6. The van der Waals surface area contributed by atoms with Gasteiger partial charge in [0.2, 0.25) is 10.0 Å². The largest absolute Gasteiger partial charge is 0.492 e. The smallest absolute Gasteiger partial charge is 0.356 e. The minimum atomic E-state index is -3.88. The van der Waals surface area contributed by atoms with Crippen LogP contribution in [-0.4, -0.2) is 44.2 Å². The molecule has 0 radical (unpaired) electrons. The summed E-state index contributed by atoms with van der Waals surface area (Å²) in [5.41, 5.74) is 0.0497. The number of esters is 1. The number of pyridine rings is 1. The minimum Gasteiger partial charge on any atom is -0.492 e. The first-order valence-corrected chi connectivity index (χ1v) is 9.92. The molecular weight excluding hydrogens is 372 g/mol. The van der Waals surface area contributed by atoms with Gasteiger partial charge in [-0.25, -0.2) is 22.9 Å². The molecule has 0 bridgehead atoms. The Morgan fingerprint density at radius 3 is 2.44 bits per heavy atom. The molecule has 1 amide bonds. The fourth-order valence-electron chi connectivity index (χ4n) is 1.95. The lowest BCUT2D eigenvalue weighted by atomic mass is 10.2. The highest BCUT2D eigenvalue weighted by Crippen LogP contribution is 2.08. The number of hydrogen-bond donors (Lipinski definition) is 1. The summed E-state index contributed by atoms with van der Waals surface area (Å²) in [4.78, 5) is 27.5. The topological polar surface area (TPSA) is 112 Å². The van der Waals surface area contributed by atoms with Crippen molar-refractivity contribution in [2.45, 2.75) is 13.3 Å². The van der Waals surface area contributed by atoms with E-state index in [1.54, 1.807) is 24.3 Å². The lowest BCUT2D eigenvalue weighted by Gasteiger charge is -2.09. The van der Waals surface area contributed by atoms with Crippen molar-refractivity contribution < 1.29 is 27.5 Å². The molecule has 0 fully saturated rings. The molecule has 1 heterocycles. The zero-order chi connectivity index (χ0) is 19.7. The first-order chi connectivity index (χ1) is 12.9. The van der Waals surface area contributed by atoms with E-state index in [-0.39, 0.29) is 30.2 Å². The molecule has 0 spiro atoms. The monoisotopic (exact) mass is 392 g/mol. The molecule has 144 valence electrons. The van der Waals surface area contributed by atoms with Crippen molar-refractivity contribution in [1.29, 1.82) is 0 Å². The minimum absolute atomic E-state index is 0.00888. The van der Waals surface area contributed by atoms with Gasteiger partial charge in [0.25, 0.3) is 5.91 Å². The maximum atomic E-state index is 12.1. The van der Waals surface area contributed by atoms with Gasteiger partial charge in [-0.15, -0.1) is 0 Å². The summed E-state index contributed by atoms with van der Waals surface area (Å²) in [7, 11) is -3.88. The van der Waals surface area contributed by atoms with E-state index in [1.165, 1.54) is 12.1 Å². The summed E-state index contributed by atoms with van der Waals surface area (Å²) in [6.45, 7) is 2.03. The van der Waals surface area contributed by atoms with Gasteiger partial charge in [-0.3, -0.25) is 4.79 Å². The number of hydrogen-bond acceptors (Lipinski definition) is 7. The molecule has 0 saturated heterocycles. The Bertz CT molecular complexity index is 866. The second-order valence-corrected chi connectivity index (χ2v) is 7.32. The maximum Gasteiger partial charge on any atom is 0.356 e. The number of para-hydroxylation sites is 1. The number of carbonyl (C=O) groups excluding carboxylic acids is 2. The maximum absolute atomic E-state index is 12.1. The van der Waals surface area contributed by atoms with Crippen LogP contribution >= 0.6 is 0 Å². The van der Waals surface area contributed by atoms with E-state index in [9.17, 15) is 18.0 Å². The van der Waals surface area contributed by atoms with Crippen LogP contribution in [0.25, 0.3) is 0 Å². The Labute approximate surface area is 157 Å². The predicted octanol–water partition coefficient (Wildman–Crippen LogP) is 1.79. The van der Waals surface area contributed by atoms with E-state index in [4.69, 9.17) is 9.47 Å². The summed E-state index contributed by atoms with van der Waals surface area (Å²) < 4.78 is 36.2. The lowest BCUT2D eigenvalue weighted by molar-refractivity contribution is 0.0497. The van der Waals surface area contributed by atoms with Gasteiger partial charge in [-0.2, -0.15) is 0 Å². The van der Waals surface area contributed by atoms with E-state index < -0.39 is 21.9 Å². The molecule has 9 heteroatoms. The van der Waals surface area contributed by atoms with E-state index >= 15 is 0 Å². The van der Waals surface area contributed by atoms with Crippen LogP contribution in [0.2, 0.25) is 0 Å². The molecule has 0 atom stereocenters.